The van der Waals surface area contributed by atoms with E-state index in [2.05, 4.69) is 10.2 Å². The Kier molecular flexibility index (Phi) is 7.92. The van der Waals surface area contributed by atoms with Crippen molar-refractivity contribution in [1.82, 2.24) is 29.0 Å². The van der Waals surface area contributed by atoms with Crippen LogP contribution in [0.25, 0.3) is 15.2 Å². The van der Waals surface area contributed by atoms with E-state index in [1.165, 1.54) is 63.3 Å². The zero-order valence-electron chi connectivity index (χ0n) is 24.1. The highest BCUT2D eigenvalue weighted by atomic mass is 32.1. The second-order valence-electron chi connectivity index (χ2n) is 11.1. The highest BCUT2D eigenvalue weighted by Gasteiger charge is 2.36. The summed E-state index contributed by atoms with van der Waals surface area (Å²) in [5.74, 6) is -0.423. The van der Waals surface area contributed by atoms with Gasteiger partial charge in [0.25, 0.3) is 5.56 Å². The van der Waals surface area contributed by atoms with Crippen LogP contribution in [-0.2, 0) is 16.1 Å². The number of carbonyl (C=O) groups is 1. The number of carbonyl (C=O) groups excluding carboxylic acids is 1. The average molecular weight is 613 g/mol. The van der Waals surface area contributed by atoms with Crippen LogP contribution in [0.5, 0.6) is 5.75 Å². The van der Waals surface area contributed by atoms with E-state index in [-0.39, 0.29) is 23.9 Å². The number of benzene rings is 1. The molecule has 12 nitrogen and oxygen atoms in total. The Morgan fingerprint density at radius 3 is 2.49 bits per heavy atom. The number of nitrogens with zero attached hydrogens (tertiary/aromatic N) is 6. The molecule has 4 aromatic rings. The Morgan fingerprint density at radius 2 is 1.84 bits per heavy atom. The maximum absolute atomic E-state index is 14.6. The highest BCUT2D eigenvalue weighted by molar-refractivity contribution is 7.21. The molecule has 2 aliphatic rings. The summed E-state index contributed by atoms with van der Waals surface area (Å²) in [5, 5.41) is 19.3. The number of amides is 1. The third kappa shape index (κ3) is 5.27. The molecule has 0 radical (unpaired) electrons. The fourth-order valence-corrected chi connectivity index (χ4v) is 7.31. The van der Waals surface area contributed by atoms with Crippen LogP contribution in [-0.4, -0.2) is 73.0 Å². The molecule has 228 valence electrons. The number of likely N-dealkylation sites (N-methyl/N-ethyl adjacent to an activating group) is 1. The first-order chi connectivity index (χ1) is 20.7. The first-order valence-corrected chi connectivity index (χ1v) is 15.1. The molecule has 2 fully saturated rings. The first-order valence-electron chi connectivity index (χ1n) is 14.2. The topological polar surface area (TPSA) is 134 Å². The van der Waals surface area contributed by atoms with E-state index in [1.54, 1.807) is 14.0 Å². The van der Waals surface area contributed by atoms with Crippen LogP contribution in [0.15, 0.2) is 40.2 Å². The molecule has 14 heteroatoms. The number of aliphatic hydroxyl groups is 1. The minimum absolute atomic E-state index is 0.0862. The second-order valence-corrected chi connectivity index (χ2v) is 12.1. The number of halogens is 1. The predicted octanol–water partition coefficient (Wildman–Crippen LogP) is 2.73. The van der Waals surface area contributed by atoms with Crippen molar-refractivity contribution in [1.29, 1.82) is 0 Å². The molecule has 1 saturated carbocycles. The van der Waals surface area contributed by atoms with Gasteiger partial charge < -0.3 is 19.5 Å². The number of fused-ring (bicyclic) bond motifs is 1. The van der Waals surface area contributed by atoms with Gasteiger partial charge in [0.2, 0.25) is 5.91 Å². The van der Waals surface area contributed by atoms with Crippen LogP contribution in [0, 0.1) is 12.7 Å². The van der Waals surface area contributed by atoms with Crippen LogP contribution in [0.1, 0.15) is 55.4 Å². The Bertz CT molecular complexity index is 1770. The highest BCUT2D eigenvalue weighted by Crippen LogP contribution is 2.36. The zero-order valence-corrected chi connectivity index (χ0v) is 24.9. The minimum Gasteiger partial charge on any atom is -0.496 e. The minimum atomic E-state index is -0.950. The van der Waals surface area contributed by atoms with Gasteiger partial charge in [-0.1, -0.05) is 11.3 Å². The van der Waals surface area contributed by atoms with Crippen molar-refractivity contribution in [3.05, 3.63) is 68.4 Å². The van der Waals surface area contributed by atoms with Gasteiger partial charge in [-0.25, -0.2) is 13.8 Å². The average Bonchev–Trinajstić information content (AvgIpc) is 3.72. The molecule has 3 aromatic heterocycles. The van der Waals surface area contributed by atoms with E-state index in [0.29, 0.717) is 65.4 Å². The summed E-state index contributed by atoms with van der Waals surface area (Å²) < 4.78 is 29.3. The smallest absolute Gasteiger partial charge is 0.332 e. The lowest BCUT2D eigenvalue weighted by Gasteiger charge is -2.31. The lowest BCUT2D eigenvalue weighted by atomic mass is 9.94. The third-order valence-corrected chi connectivity index (χ3v) is 9.70. The Morgan fingerprint density at radius 1 is 1.12 bits per heavy atom. The van der Waals surface area contributed by atoms with E-state index < -0.39 is 35.3 Å². The van der Waals surface area contributed by atoms with Crippen LogP contribution >= 0.6 is 11.3 Å². The number of aliphatic hydroxyl groups excluding tert-OH is 1. The first kappa shape index (κ1) is 29.2. The van der Waals surface area contributed by atoms with Crippen molar-refractivity contribution in [2.24, 2.45) is 0 Å². The molecule has 1 saturated heterocycles. The van der Waals surface area contributed by atoms with Gasteiger partial charge in [0.1, 0.15) is 33.5 Å². The molecule has 1 aromatic carbocycles. The summed E-state index contributed by atoms with van der Waals surface area (Å²) in [7, 11) is 3.12. The fraction of sp³-hybridized carbons (Fsp3) is 0.483. The molecule has 0 spiro atoms. The Hall–Kier alpha value is -3.88. The van der Waals surface area contributed by atoms with Crippen molar-refractivity contribution in [3.63, 3.8) is 0 Å². The largest absolute Gasteiger partial charge is 0.496 e. The summed E-state index contributed by atoms with van der Waals surface area (Å²) >= 11 is 1.18. The summed E-state index contributed by atoms with van der Waals surface area (Å²) in [6, 6.07) is 3.17. The fourth-order valence-electron chi connectivity index (χ4n) is 6.09. The number of methoxy groups -OCH3 is 1. The van der Waals surface area contributed by atoms with E-state index in [9.17, 15) is 23.9 Å². The lowest BCUT2D eigenvalue weighted by Crippen LogP contribution is -2.45. The van der Waals surface area contributed by atoms with E-state index in [1.807, 2.05) is 0 Å². The molecule has 43 heavy (non-hydrogen) atoms. The molecule has 1 aliphatic carbocycles. The molecule has 0 unspecified atom stereocenters. The van der Waals surface area contributed by atoms with Gasteiger partial charge in [-0.2, -0.15) is 10.2 Å². The number of aromatic nitrogens is 5. The van der Waals surface area contributed by atoms with E-state index >= 15 is 0 Å². The maximum Gasteiger partial charge on any atom is 0.332 e. The van der Waals surface area contributed by atoms with E-state index in [0.717, 1.165) is 4.57 Å². The number of hydrogen-bond donors (Lipinski definition) is 1. The normalized spacial score (nSPS) is 21.6. The molecule has 1 amide bonds. The number of thiophene rings is 1. The quantitative estimate of drug-likeness (QED) is 0.321. The molecule has 1 N–H and O–H groups in total. The summed E-state index contributed by atoms with van der Waals surface area (Å²) in [6.07, 6.45) is 4.15. The monoisotopic (exact) mass is 612 g/mol. The summed E-state index contributed by atoms with van der Waals surface area (Å²) in [5.41, 5.74) is -0.232. The van der Waals surface area contributed by atoms with Gasteiger partial charge in [-0.05, 0) is 57.2 Å². The van der Waals surface area contributed by atoms with Crippen LogP contribution in [0.2, 0.25) is 0 Å². The zero-order chi connectivity index (χ0) is 30.4. The van der Waals surface area contributed by atoms with Crippen molar-refractivity contribution < 1.29 is 23.8 Å². The number of rotatable bonds is 8. The van der Waals surface area contributed by atoms with Crippen molar-refractivity contribution in [2.75, 3.05) is 20.7 Å². The van der Waals surface area contributed by atoms with Crippen molar-refractivity contribution in [2.45, 2.75) is 69.9 Å². The summed E-state index contributed by atoms with van der Waals surface area (Å²) in [4.78, 5) is 44.7. The Labute approximate surface area is 249 Å². The molecule has 1 aliphatic heterocycles. The van der Waals surface area contributed by atoms with Gasteiger partial charge in [-0.3, -0.25) is 14.2 Å². The van der Waals surface area contributed by atoms with Crippen molar-refractivity contribution >= 4 is 27.5 Å². The number of hydrogen-bond acceptors (Lipinski definition) is 9. The second kappa shape index (κ2) is 11.7. The van der Waals surface area contributed by atoms with Gasteiger partial charge >= 0.3 is 5.69 Å². The molecule has 6 rings (SSSR count). The SMILES string of the molecule is COc1ccc(F)cc1[C@H](Cn1c(=O)n([C@H]2CCN(C)C2=O)c(=O)c2c(C)c(-n3nccn3)sc21)O[C@H]1CC[C@H](O)CC1. The predicted molar refractivity (Wildman–Crippen MR) is 156 cm³/mol. The molecule has 0 bridgehead atoms. The number of ether oxygens (including phenoxy) is 2. The van der Waals surface area contributed by atoms with Gasteiger partial charge in [-0.15, -0.1) is 4.80 Å². The Balaban J connectivity index is 1.55. The number of likely N-dealkylation sites (tertiary alicyclic amines) is 1. The molecular formula is C29H33FN6O6S. The van der Waals surface area contributed by atoms with Crippen LogP contribution < -0.4 is 16.0 Å². The van der Waals surface area contributed by atoms with Gasteiger partial charge in [0.05, 0.1) is 43.6 Å². The standard InChI is InChI=1S/C29H33FN6O6S/c1-16-24-26(39)35(21-10-13-33(2)25(21)38)29(40)34(28(24)43-27(16)36-31-11-12-32-36)15-23(42-19-7-5-18(37)6-8-19)20-14-17(30)4-9-22(20)41-3/h4,9,11-12,14,18-19,21,23,37H,5-8,10,13,15H2,1-3H3/t18-,19-,21-,23-/m0/s1. The third-order valence-electron chi connectivity index (χ3n) is 8.42. The van der Waals surface area contributed by atoms with E-state index in [4.69, 9.17) is 9.47 Å². The van der Waals surface area contributed by atoms with Gasteiger partial charge in [0, 0.05) is 24.7 Å². The van der Waals surface area contributed by atoms with Crippen molar-refractivity contribution in [3.8, 4) is 10.8 Å². The maximum atomic E-state index is 14.6. The number of aryl methyl sites for hydroxylation is 1. The molecule has 4 heterocycles. The molecular weight excluding hydrogens is 579 g/mol. The lowest BCUT2D eigenvalue weighted by molar-refractivity contribution is -0.129. The summed E-state index contributed by atoms with van der Waals surface area (Å²) in [6.45, 7) is 2.09. The molecule has 2 atom stereocenters. The van der Waals surface area contributed by atoms with Gasteiger partial charge in [0.15, 0.2) is 0 Å². The van der Waals surface area contributed by atoms with Crippen LogP contribution in [0.3, 0.4) is 0 Å². The van der Waals surface area contributed by atoms with Crippen LogP contribution in [0.4, 0.5) is 4.39 Å².